The number of rotatable bonds is 9. The van der Waals surface area contributed by atoms with Crippen LogP contribution in [0.1, 0.15) is 29.0 Å². The molecular weight excluding hydrogens is 392 g/mol. The number of aryl methyl sites for hydroxylation is 2. The van der Waals surface area contributed by atoms with Gasteiger partial charge in [0.25, 0.3) is 0 Å². The number of hydrogen-bond donors (Lipinski definition) is 0. The van der Waals surface area contributed by atoms with Gasteiger partial charge in [-0.15, -0.1) is 0 Å². The van der Waals surface area contributed by atoms with Gasteiger partial charge in [-0.2, -0.15) is 5.10 Å². The fraction of sp³-hybridized carbons (Fsp3) is 0.500. The van der Waals surface area contributed by atoms with Crippen molar-refractivity contribution in [1.29, 1.82) is 0 Å². The molecule has 1 fully saturated rings. The summed E-state index contributed by atoms with van der Waals surface area (Å²) < 4.78 is 14.7. The largest absolute Gasteiger partial charge is 0.383 e. The SMILES string of the molecule is COCCn1c(C)cc2cc(-c3cc(C(=O)CCCN4CCOCC4)nn3C)ccc21. The highest BCUT2D eigenvalue weighted by Gasteiger charge is 2.16. The Morgan fingerprint density at radius 3 is 2.74 bits per heavy atom. The van der Waals surface area contributed by atoms with Gasteiger partial charge in [0.2, 0.25) is 0 Å². The zero-order valence-electron chi connectivity index (χ0n) is 18.8. The molecule has 166 valence electrons. The number of hydrogen-bond acceptors (Lipinski definition) is 5. The molecule has 0 N–H and O–H groups in total. The number of nitrogens with zero attached hydrogens (tertiary/aromatic N) is 4. The lowest BCUT2D eigenvalue weighted by Gasteiger charge is -2.26. The number of aromatic nitrogens is 3. The molecule has 0 bridgehead atoms. The fourth-order valence-electron chi connectivity index (χ4n) is 4.34. The van der Waals surface area contributed by atoms with E-state index >= 15 is 0 Å². The van der Waals surface area contributed by atoms with E-state index in [1.807, 2.05) is 17.8 Å². The number of benzene rings is 1. The number of morpholine rings is 1. The average Bonchev–Trinajstić information content (AvgIpc) is 3.31. The molecule has 2 aromatic heterocycles. The quantitative estimate of drug-likeness (QED) is 0.493. The van der Waals surface area contributed by atoms with Crippen LogP contribution >= 0.6 is 0 Å². The Labute approximate surface area is 183 Å². The van der Waals surface area contributed by atoms with E-state index in [-0.39, 0.29) is 5.78 Å². The minimum absolute atomic E-state index is 0.109. The molecule has 31 heavy (non-hydrogen) atoms. The van der Waals surface area contributed by atoms with E-state index in [2.05, 4.69) is 45.8 Å². The zero-order chi connectivity index (χ0) is 21.8. The van der Waals surface area contributed by atoms with Crippen LogP contribution in [0, 0.1) is 6.92 Å². The van der Waals surface area contributed by atoms with Crippen molar-refractivity contribution in [2.45, 2.75) is 26.3 Å². The summed E-state index contributed by atoms with van der Waals surface area (Å²) in [6.45, 7) is 8.06. The number of ketones is 1. The minimum atomic E-state index is 0.109. The summed E-state index contributed by atoms with van der Waals surface area (Å²) in [6, 6.07) is 10.5. The van der Waals surface area contributed by atoms with Gasteiger partial charge >= 0.3 is 0 Å². The second-order valence-electron chi connectivity index (χ2n) is 8.22. The van der Waals surface area contributed by atoms with Crippen LogP contribution in [-0.4, -0.2) is 71.6 Å². The van der Waals surface area contributed by atoms with E-state index in [0.29, 0.717) is 18.7 Å². The molecule has 3 heterocycles. The molecule has 0 saturated carbocycles. The van der Waals surface area contributed by atoms with E-state index in [9.17, 15) is 4.79 Å². The molecule has 1 aliphatic heterocycles. The molecule has 0 unspecified atom stereocenters. The summed E-state index contributed by atoms with van der Waals surface area (Å²) in [7, 11) is 3.63. The van der Waals surface area contributed by atoms with Crippen LogP contribution < -0.4 is 0 Å². The monoisotopic (exact) mass is 424 g/mol. The molecule has 0 radical (unpaired) electrons. The third-order valence-electron chi connectivity index (χ3n) is 6.07. The van der Waals surface area contributed by atoms with Gasteiger partial charge in [-0.25, -0.2) is 0 Å². The number of carbonyl (C=O) groups is 1. The van der Waals surface area contributed by atoms with Crippen LogP contribution in [0.2, 0.25) is 0 Å². The first-order valence-electron chi connectivity index (χ1n) is 11.0. The molecule has 0 amide bonds. The van der Waals surface area contributed by atoms with Crippen LogP contribution in [0.3, 0.4) is 0 Å². The van der Waals surface area contributed by atoms with Crippen LogP contribution in [0.25, 0.3) is 22.2 Å². The van der Waals surface area contributed by atoms with Gasteiger partial charge in [-0.05, 0) is 44.2 Å². The highest BCUT2D eigenvalue weighted by atomic mass is 16.5. The van der Waals surface area contributed by atoms with Gasteiger partial charge in [0.1, 0.15) is 5.69 Å². The van der Waals surface area contributed by atoms with E-state index in [4.69, 9.17) is 9.47 Å². The molecule has 0 aliphatic carbocycles. The number of fused-ring (bicyclic) bond motifs is 1. The van der Waals surface area contributed by atoms with Gasteiger partial charge in [-0.3, -0.25) is 14.4 Å². The second kappa shape index (κ2) is 9.77. The first-order chi connectivity index (χ1) is 15.1. The molecule has 0 spiro atoms. The Bertz CT molecular complexity index is 1050. The smallest absolute Gasteiger partial charge is 0.183 e. The Morgan fingerprint density at radius 2 is 1.97 bits per heavy atom. The molecule has 7 heteroatoms. The van der Waals surface area contributed by atoms with Crippen molar-refractivity contribution >= 4 is 16.7 Å². The molecule has 7 nitrogen and oxygen atoms in total. The Hall–Kier alpha value is -2.48. The molecule has 0 atom stereocenters. The molecule has 1 saturated heterocycles. The van der Waals surface area contributed by atoms with Crippen LogP contribution in [0.5, 0.6) is 0 Å². The Balaban J connectivity index is 1.46. The maximum Gasteiger partial charge on any atom is 0.183 e. The molecular formula is C24H32N4O3. The van der Waals surface area contributed by atoms with Crippen LogP contribution in [-0.2, 0) is 23.1 Å². The van der Waals surface area contributed by atoms with E-state index in [1.54, 1.807) is 7.11 Å². The van der Waals surface area contributed by atoms with E-state index < -0.39 is 0 Å². The molecule has 1 aromatic carbocycles. The first-order valence-corrected chi connectivity index (χ1v) is 11.0. The molecule has 4 rings (SSSR count). The number of methoxy groups -OCH3 is 1. The predicted octanol–water partition coefficient (Wildman–Crippen LogP) is 3.29. The molecule has 3 aromatic rings. The van der Waals surface area contributed by atoms with Gasteiger partial charge in [0.05, 0.1) is 25.5 Å². The Morgan fingerprint density at radius 1 is 1.16 bits per heavy atom. The predicted molar refractivity (Wildman–Crippen MR) is 122 cm³/mol. The van der Waals surface area contributed by atoms with Crippen molar-refractivity contribution in [3.05, 3.63) is 41.7 Å². The van der Waals surface area contributed by atoms with Crippen LogP contribution in [0.15, 0.2) is 30.3 Å². The van der Waals surface area contributed by atoms with Crippen molar-refractivity contribution in [2.75, 3.05) is 46.6 Å². The van der Waals surface area contributed by atoms with Crippen molar-refractivity contribution in [1.82, 2.24) is 19.2 Å². The van der Waals surface area contributed by atoms with Gasteiger partial charge in [0.15, 0.2) is 5.78 Å². The number of Topliss-reactive ketones (excluding diaryl/α,β-unsaturated/α-hetero) is 1. The highest BCUT2D eigenvalue weighted by Crippen LogP contribution is 2.27. The van der Waals surface area contributed by atoms with Crippen molar-refractivity contribution in [2.24, 2.45) is 7.05 Å². The lowest BCUT2D eigenvalue weighted by atomic mass is 10.1. The summed E-state index contributed by atoms with van der Waals surface area (Å²) >= 11 is 0. The van der Waals surface area contributed by atoms with Gasteiger partial charge in [-0.1, -0.05) is 6.07 Å². The summed E-state index contributed by atoms with van der Waals surface area (Å²) in [5.41, 5.74) is 4.98. The van der Waals surface area contributed by atoms with Crippen molar-refractivity contribution in [3.8, 4) is 11.3 Å². The average molecular weight is 425 g/mol. The maximum atomic E-state index is 12.7. The zero-order valence-corrected chi connectivity index (χ0v) is 18.8. The standard InChI is InChI=1S/C24H32N4O3/c1-18-15-20-16-19(6-7-22(20)28(18)11-12-30-3)23-17-21(25-26(23)2)24(29)5-4-8-27-9-13-31-14-10-27/h6-7,15-17H,4-5,8-14H2,1-3H3. The normalized spacial score (nSPS) is 15.1. The number of carbonyl (C=O) groups excluding carboxylic acids is 1. The van der Waals surface area contributed by atoms with Gasteiger partial charge in [0, 0.05) is 62.4 Å². The van der Waals surface area contributed by atoms with E-state index in [1.165, 1.54) is 16.6 Å². The third-order valence-corrected chi connectivity index (χ3v) is 6.07. The highest BCUT2D eigenvalue weighted by molar-refractivity contribution is 5.95. The number of ether oxygens (including phenoxy) is 2. The summed E-state index contributed by atoms with van der Waals surface area (Å²) in [5, 5.41) is 5.69. The minimum Gasteiger partial charge on any atom is -0.383 e. The Kier molecular flexibility index (Phi) is 6.85. The van der Waals surface area contributed by atoms with Crippen LogP contribution in [0.4, 0.5) is 0 Å². The second-order valence-corrected chi connectivity index (χ2v) is 8.22. The maximum absolute atomic E-state index is 12.7. The summed E-state index contributed by atoms with van der Waals surface area (Å²) in [5.74, 6) is 0.109. The van der Waals surface area contributed by atoms with Crippen molar-refractivity contribution < 1.29 is 14.3 Å². The topological polar surface area (TPSA) is 61.5 Å². The summed E-state index contributed by atoms with van der Waals surface area (Å²) in [4.78, 5) is 15.1. The van der Waals surface area contributed by atoms with E-state index in [0.717, 1.165) is 57.1 Å². The lowest BCUT2D eigenvalue weighted by Crippen LogP contribution is -2.36. The van der Waals surface area contributed by atoms with Gasteiger partial charge < -0.3 is 14.0 Å². The molecule has 1 aliphatic rings. The third kappa shape index (κ3) is 4.89. The first kappa shape index (κ1) is 21.7. The van der Waals surface area contributed by atoms with Crippen molar-refractivity contribution in [3.63, 3.8) is 0 Å². The lowest BCUT2D eigenvalue weighted by molar-refractivity contribution is 0.0371. The summed E-state index contributed by atoms with van der Waals surface area (Å²) in [6.07, 6.45) is 1.37. The fourth-order valence-corrected chi connectivity index (χ4v) is 4.34.